The van der Waals surface area contributed by atoms with Gasteiger partial charge < -0.3 is 15.0 Å². The SMILES string of the molecule is CCCOc1cccc(CNC2CCCN(CC)C2)c1. The first-order valence-electron chi connectivity index (χ1n) is 7.99. The molecule has 1 fully saturated rings. The van der Waals surface area contributed by atoms with Crippen molar-refractivity contribution in [2.45, 2.75) is 45.7 Å². The molecule has 0 saturated carbocycles. The number of ether oxygens (including phenoxy) is 1. The van der Waals surface area contributed by atoms with Gasteiger partial charge in [-0.15, -0.1) is 0 Å². The van der Waals surface area contributed by atoms with Gasteiger partial charge in [0.1, 0.15) is 5.75 Å². The Morgan fingerprint density at radius 2 is 2.25 bits per heavy atom. The second-order valence-corrected chi connectivity index (χ2v) is 5.61. The smallest absolute Gasteiger partial charge is 0.119 e. The summed E-state index contributed by atoms with van der Waals surface area (Å²) in [6.45, 7) is 9.72. The van der Waals surface area contributed by atoms with Gasteiger partial charge in [-0.3, -0.25) is 0 Å². The van der Waals surface area contributed by atoms with Crippen LogP contribution in [0.1, 0.15) is 38.7 Å². The van der Waals surface area contributed by atoms with E-state index in [1.54, 1.807) is 0 Å². The fourth-order valence-corrected chi connectivity index (χ4v) is 2.74. The third-order valence-corrected chi connectivity index (χ3v) is 3.92. The summed E-state index contributed by atoms with van der Waals surface area (Å²) in [4.78, 5) is 2.53. The molecule has 1 atom stereocenters. The molecule has 0 amide bonds. The van der Waals surface area contributed by atoms with E-state index in [2.05, 4.69) is 42.3 Å². The molecule has 1 aromatic carbocycles. The summed E-state index contributed by atoms with van der Waals surface area (Å²) >= 11 is 0. The first-order chi connectivity index (χ1) is 9.81. The summed E-state index contributed by atoms with van der Waals surface area (Å²) in [6, 6.07) is 9.08. The van der Waals surface area contributed by atoms with Gasteiger partial charge in [-0.25, -0.2) is 0 Å². The number of likely N-dealkylation sites (N-methyl/N-ethyl adjacent to an activating group) is 1. The van der Waals surface area contributed by atoms with Gasteiger partial charge in [0.05, 0.1) is 6.61 Å². The van der Waals surface area contributed by atoms with Crippen LogP contribution in [0.25, 0.3) is 0 Å². The van der Waals surface area contributed by atoms with Crippen LogP contribution in [-0.2, 0) is 6.54 Å². The number of benzene rings is 1. The van der Waals surface area contributed by atoms with Gasteiger partial charge in [0.25, 0.3) is 0 Å². The minimum atomic E-state index is 0.629. The lowest BCUT2D eigenvalue weighted by molar-refractivity contribution is 0.198. The average Bonchev–Trinajstić information content (AvgIpc) is 2.51. The number of likely N-dealkylation sites (tertiary alicyclic amines) is 1. The molecule has 0 radical (unpaired) electrons. The van der Waals surface area contributed by atoms with Gasteiger partial charge in [0.2, 0.25) is 0 Å². The monoisotopic (exact) mass is 276 g/mol. The van der Waals surface area contributed by atoms with Crippen molar-refractivity contribution in [1.29, 1.82) is 0 Å². The number of nitrogens with zero attached hydrogens (tertiary/aromatic N) is 1. The van der Waals surface area contributed by atoms with Crippen LogP contribution in [0.15, 0.2) is 24.3 Å². The molecule has 1 aliphatic heterocycles. The largest absolute Gasteiger partial charge is 0.494 e. The van der Waals surface area contributed by atoms with E-state index < -0.39 is 0 Å². The minimum Gasteiger partial charge on any atom is -0.494 e. The van der Waals surface area contributed by atoms with Crippen LogP contribution in [-0.4, -0.2) is 37.2 Å². The Labute approximate surface area is 123 Å². The molecular weight excluding hydrogens is 248 g/mol. The van der Waals surface area contributed by atoms with Gasteiger partial charge in [-0.2, -0.15) is 0 Å². The Bertz CT molecular complexity index is 394. The molecule has 0 spiro atoms. The van der Waals surface area contributed by atoms with Crippen molar-refractivity contribution in [2.24, 2.45) is 0 Å². The molecule has 0 bridgehead atoms. The first-order valence-corrected chi connectivity index (χ1v) is 7.99. The summed E-state index contributed by atoms with van der Waals surface area (Å²) < 4.78 is 5.69. The molecule has 0 aliphatic carbocycles. The van der Waals surface area contributed by atoms with E-state index in [4.69, 9.17) is 4.74 Å². The van der Waals surface area contributed by atoms with Gasteiger partial charge in [0.15, 0.2) is 0 Å². The highest BCUT2D eigenvalue weighted by atomic mass is 16.5. The van der Waals surface area contributed by atoms with Crippen LogP contribution in [0.5, 0.6) is 5.75 Å². The standard InChI is InChI=1S/C17H28N2O/c1-3-11-20-17-9-5-7-15(12-17)13-18-16-8-6-10-19(4-2)14-16/h5,7,9,12,16,18H,3-4,6,8,10-11,13-14H2,1-2H3. The van der Waals surface area contributed by atoms with Crippen LogP contribution >= 0.6 is 0 Å². The Hall–Kier alpha value is -1.06. The lowest BCUT2D eigenvalue weighted by Gasteiger charge is -2.32. The molecule has 1 aliphatic rings. The summed E-state index contributed by atoms with van der Waals surface area (Å²) in [5.41, 5.74) is 1.31. The Kier molecular flexibility index (Phi) is 6.34. The maximum atomic E-state index is 5.69. The highest BCUT2D eigenvalue weighted by Gasteiger charge is 2.17. The zero-order chi connectivity index (χ0) is 14.2. The summed E-state index contributed by atoms with van der Waals surface area (Å²) in [5, 5.41) is 3.69. The van der Waals surface area contributed by atoms with E-state index in [1.165, 1.54) is 38.0 Å². The van der Waals surface area contributed by atoms with Gasteiger partial charge in [0, 0.05) is 19.1 Å². The molecule has 2 rings (SSSR count). The van der Waals surface area contributed by atoms with E-state index in [0.29, 0.717) is 6.04 Å². The van der Waals surface area contributed by atoms with E-state index >= 15 is 0 Å². The topological polar surface area (TPSA) is 24.5 Å². The molecule has 1 N–H and O–H groups in total. The van der Waals surface area contributed by atoms with Gasteiger partial charge in [-0.1, -0.05) is 26.0 Å². The number of rotatable bonds is 7. The van der Waals surface area contributed by atoms with Crippen molar-refractivity contribution in [2.75, 3.05) is 26.2 Å². The average molecular weight is 276 g/mol. The van der Waals surface area contributed by atoms with Gasteiger partial charge in [-0.05, 0) is 50.0 Å². The van der Waals surface area contributed by atoms with Crippen molar-refractivity contribution in [3.63, 3.8) is 0 Å². The van der Waals surface area contributed by atoms with Crippen LogP contribution in [0, 0.1) is 0 Å². The molecule has 1 aromatic rings. The maximum absolute atomic E-state index is 5.69. The van der Waals surface area contributed by atoms with Crippen LogP contribution in [0.2, 0.25) is 0 Å². The Morgan fingerprint density at radius 1 is 1.35 bits per heavy atom. The molecule has 0 aromatic heterocycles. The zero-order valence-corrected chi connectivity index (χ0v) is 12.9. The predicted octanol–water partition coefficient (Wildman–Crippen LogP) is 3.05. The molecule has 3 heteroatoms. The molecule has 20 heavy (non-hydrogen) atoms. The fraction of sp³-hybridized carbons (Fsp3) is 0.647. The second kappa shape index (κ2) is 8.28. The molecule has 1 unspecified atom stereocenters. The van der Waals surface area contributed by atoms with Crippen molar-refractivity contribution >= 4 is 0 Å². The summed E-state index contributed by atoms with van der Waals surface area (Å²) in [6.07, 6.45) is 3.66. The van der Waals surface area contributed by atoms with E-state index in [-0.39, 0.29) is 0 Å². The second-order valence-electron chi connectivity index (χ2n) is 5.61. The highest BCUT2D eigenvalue weighted by Crippen LogP contribution is 2.15. The fourth-order valence-electron chi connectivity index (χ4n) is 2.74. The number of nitrogens with one attached hydrogen (secondary N) is 1. The Morgan fingerprint density at radius 3 is 3.05 bits per heavy atom. The van der Waals surface area contributed by atoms with Crippen molar-refractivity contribution in [1.82, 2.24) is 10.2 Å². The lowest BCUT2D eigenvalue weighted by Crippen LogP contribution is -2.45. The van der Waals surface area contributed by atoms with E-state index in [0.717, 1.165) is 25.3 Å². The number of hydrogen-bond acceptors (Lipinski definition) is 3. The summed E-state index contributed by atoms with van der Waals surface area (Å²) in [5.74, 6) is 0.991. The molecule has 1 saturated heterocycles. The van der Waals surface area contributed by atoms with Crippen LogP contribution < -0.4 is 10.1 Å². The van der Waals surface area contributed by atoms with Crippen LogP contribution in [0.4, 0.5) is 0 Å². The number of hydrogen-bond donors (Lipinski definition) is 1. The lowest BCUT2D eigenvalue weighted by atomic mass is 10.1. The van der Waals surface area contributed by atoms with Crippen LogP contribution in [0.3, 0.4) is 0 Å². The highest BCUT2D eigenvalue weighted by molar-refractivity contribution is 5.28. The first kappa shape index (κ1) is 15.3. The van der Waals surface area contributed by atoms with Crippen molar-refractivity contribution < 1.29 is 4.74 Å². The molecule has 1 heterocycles. The van der Waals surface area contributed by atoms with E-state index in [1.807, 2.05) is 6.07 Å². The van der Waals surface area contributed by atoms with Gasteiger partial charge >= 0.3 is 0 Å². The third kappa shape index (κ3) is 4.80. The normalized spacial score (nSPS) is 20.0. The maximum Gasteiger partial charge on any atom is 0.119 e. The summed E-state index contributed by atoms with van der Waals surface area (Å²) in [7, 11) is 0. The molecular formula is C17H28N2O. The van der Waals surface area contributed by atoms with Crippen molar-refractivity contribution in [3.8, 4) is 5.75 Å². The zero-order valence-electron chi connectivity index (χ0n) is 12.9. The minimum absolute atomic E-state index is 0.629. The molecule has 3 nitrogen and oxygen atoms in total. The Balaban J connectivity index is 1.81. The van der Waals surface area contributed by atoms with E-state index in [9.17, 15) is 0 Å². The molecule has 112 valence electrons. The van der Waals surface area contributed by atoms with Crippen molar-refractivity contribution in [3.05, 3.63) is 29.8 Å². The predicted molar refractivity (Wildman–Crippen MR) is 84.2 cm³/mol. The third-order valence-electron chi connectivity index (χ3n) is 3.92. The quantitative estimate of drug-likeness (QED) is 0.828. The number of piperidine rings is 1.